The molecular weight excluding hydrogens is 1340 g/mol. The highest BCUT2D eigenvalue weighted by molar-refractivity contribution is 7.94. The minimum atomic E-state index is -5.75. The molecule has 1 aromatic heterocycles. The lowest BCUT2D eigenvalue weighted by molar-refractivity contribution is -0.432. The molecule has 12 N–H and O–H groups in total. The number of aryl methyl sites for hydroxylation is 1. The fourth-order valence-electron chi connectivity index (χ4n) is 8.04. The number of rotatable bonds is 20. The summed E-state index contributed by atoms with van der Waals surface area (Å²) in [6, 6.07) is 10.3. The predicted octanol–water partition coefficient (Wildman–Crippen LogP) is 8.26. The first-order valence-corrected chi connectivity index (χ1v) is 32.2. The zero-order chi connectivity index (χ0) is 65.8. The lowest BCUT2D eigenvalue weighted by atomic mass is 10.0. The summed E-state index contributed by atoms with van der Waals surface area (Å²) in [7, 11) is -31.2. The highest BCUT2D eigenvalue weighted by Gasteiger charge is 2.31. The van der Waals surface area contributed by atoms with E-state index in [0.717, 1.165) is 54.3 Å². The number of methoxy groups -OCH3 is 1. The van der Waals surface area contributed by atoms with E-state index in [2.05, 4.69) is 55.4 Å². The molecule has 0 saturated carbocycles. The Balaban J connectivity index is 1.25. The number of azo groups is 4. The summed E-state index contributed by atoms with van der Waals surface area (Å²) < 4.78 is 222. The number of nitro benzene ring substituents is 1. The first-order valence-electron chi connectivity index (χ1n) is 22.8. The molecule has 8 aromatic rings. The number of non-ortho nitro benzene ring substituents is 1. The van der Waals surface area contributed by atoms with Crippen LogP contribution in [0.3, 0.4) is 0 Å². The maximum absolute atomic E-state index is 13.4. The lowest BCUT2D eigenvalue weighted by Gasteiger charge is -2.15. The molecule has 0 aliphatic carbocycles. The Hall–Kier alpha value is -9.24. The summed E-state index contributed by atoms with van der Waals surface area (Å²) in [5.41, 5.74) is -3.11. The largest absolute Gasteiger partial charge is 0.505 e. The molecule has 0 spiro atoms. The Labute approximate surface area is 499 Å². The van der Waals surface area contributed by atoms with Gasteiger partial charge in [-0.2, -0.15) is 50.5 Å². The van der Waals surface area contributed by atoms with Crippen molar-refractivity contribution in [1.29, 1.82) is 0 Å². The van der Waals surface area contributed by atoms with Crippen molar-refractivity contribution in [1.82, 2.24) is 9.78 Å². The number of fused-ring (bicyclic) bond motifs is 2. The summed E-state index contributed by atoms with van der Waals surface area (Å²) in [6.45, 7) is 1.31. The number of phenols is 2. The van der Waals surface area contributed by atoms with Crippen LogP contribution in [-0.2, 0) is 70.1 Å². The third-order valence-electron chi connectivity index (χ3n) is 11.9. The number of ether oxygens (including phenoxy) is 1. The zero-order valence-electron chi connectivity index (χ0n) is 43.4. The smallest absolute Gasteiger partial charge is 0.299 e. The Bertz CT molecular complexity index is 5270. The van der Waals surface area contributed by atoms with Crippen LogP contribution in [-0.4, -0.2) is 115 Å². The summed E-state index contributed by atoms with van der Waals surface area (Å²) in [6.07, 6.45) is 0. The van der Waals surface area contributed by atoms with Crippen LogP contribution in [0.1, 0.15) is 5.69 Å². The molecule has 0 bridgehead atoms. The average molecular weight is 1370 g/mol. The van der Waals surface area contributed by atoms with Crippen molar-refractivity contribution in [2.24, 2.45) is 40.9 Å². The van der Waals surface area contributed by atoms with Gasteiger partial charge in [-0.3, -0.25) is 47.3 Å². The van der Waals surface area contributed by atoms with Gasteiger partial charge < -0.3 is 20.7 Å². The second-order valence-corrected chi connectivity index (χ2v) is 26.5. The molecule has 46 heteroatoms. The second kappa shape index (κ2) is 24.0. The van der Waals surface area contributed by atoms with Crippen LogP contribution in [0.4, 0.5) is 56.9 Å². The van der Waals surface area contributed by atoms with Gasteiger partial charge in [-0.15, -0.1) is 45.2 Å². The van der Waals surface area contributed by atoms with Crippen molar-refractivity contribution in [2.45, 2.75) is 41.2 Å². The number of benzene rings is 7. The van der Waals surface area contributed by atoms with E-state index in [-0.39, 0.29) is 23.4 Å². The maximum atomic E-state index is 13.4. The molecule has 0 unspecified atom stereocenters. The fraction of sp³-hybridized carbons (Fsp3) is 0.0465. The standard InChI is InChI=1S/C43H32N12O27S7/c1-17-37(43(58)54(53-17)18-3-6-20(7-4-18)84(62,63)64)50-48-27-14-26(29(80-2)16-33(27)87(71,72)73)47-52-39-34(88(74,75)76)13-22-21(40(39)56)8-10-25(42(22)89(77,78)79)46-49-28-15-31(85(65,66)67)23-12-30(83-82-81-61)38(41(57)35(23)36(28)44)51-45-24-9-5-19(55(59)60)11-32(24)86(68,69)70/h3-16,53,56-57,61H,44H2,1-2H3,(H,62,63,64)(H,65,66,67)(H,68,69,70)(H,71,72,73)(H,74,75,76)(H,77,78,79). The molecule has 0 saturated heterocycles. The highest BCUT2D eigenvalue weighted by atomic mass is 32.2. The number of nitrogens with one attached hydrogen (secondary N) is 1. The number of nitrogens with zero attached hydrogens (tertiary/aromatic N) is 10. The Kier molecular flexibility index (Phi) is 17.8. The number of nitro groups is 1. The SMILES string of the molecule is COc1cc(S(=O)(=O)O)c(N=Nc2c(C)[nH]n(-c3ccc(S(=O)(=O)O)cc3)c2=O)cc1N=Nc1c(S(=O)(=O)O)cc2c(S(=O)(=O)O)c(N=Nc3cc(S(=O)(=O)O)c4cc(SOOO)c(N=Nc5ccc([N+](=O)[O-])cc5S(=O)(=O)O)c(O)c4c3N)ccc2c1O. The van der Waals surface area contributed by atoms with Crippen molar-refractivity contribution in [2.75, 3.05) is 12.8 Å². The molecule has 0 fully saturated rings. The average Bonchev–Trinajstić information content (AvgIpc) is 1.34. The van der Waals surface area contributed by atoms with Crippen molar-refractivity contribution >= 4 is 151 Å². The quantitative estimate of drug-likeness (QED) is 0.00650. The minimum Gasteiger partial charge on any atom is -0.505 e. The summed E-state index contributed by atoms with van der Waals surface area (Å²) in [5.74, 6) is -3.19. The normalized spacial score (nSPS) is 13.1. The number of H-pyrrole nitrogens is 1. The van der Waals surface area contributed by atoms with Crippen LogP contribution in [0, 0.1) is 17.0 Å². The van der Waals surface area contributed by atoms with E-state index < -0.39 is 201 Å². The van der Waals surface area contributed by atoms with Gasteiger partial charge in [0.25, 0.3) is 72.0 Å². The molecule has 1 heterocycles. The van der Waals surface area contributed by atoms with Gasteiger partial charge in [0.05, 0.1) is 56.3 Å². The minimum absolute atomic E-state index is 0.0131. The highest BCUT2D eigenvalue weighted by Crippen LogP contribution is 2.51. The lowest BCUT2D eigenvalue weighted by Crippen LogP contribution is -2.14. The van der Waals surface area contributed by atoms with Gasteiger partial charge in [0, 0.05) is 34.4 Å². The van der Waals surface area contributed by atoms with Crippen LogP contribution in [0.5, 0.6) is 17.2 Å². The summed E-state index contributed by atoms with van der Waals surface area (Å²) in [4.78, 5) is 16.3. The third-order valence-corrected chi connectivity index (χ3v) is 17.9. The van der Waals surface area contributed by atoms with Gasteiger partial charge in [-0.25, -0.2) is 9.94 Å². The molecule has 39 nitrogen and oxygen atoms in total. The van der Waals surface area contributed by atoms with Gasteiger partial charge in [-0.05, 0) is 73.7 Å². The Morgan fingerprint density at radius 2 is 1.11 bits per heavy atom. The van der Waals surface area contributed by atoms with Gasteiger partial charge >= 0.3 is 0 Å². The maximum Gasteiger partial charge on any atom is 0.299 e. The van der Waals surface area contributed by atoms with E-state index in [1.807, 2.05) is 0 Å². The second-order valence-electron chi connectivity index (χ2n) is 17.4. The van der Waals surface area contributed by atoms with Gasteiger partial charge in [0.15, 0.2) is 17.2 Å². The monoisotopic (exact) mass is 1370 g/mol. The topological polar surface area (TPSA) is 620 Å². The van der Waals surface area contributed by atoms with Crippen LogP contribution in [0.2, 0.25) is 0 Å². The molecule has 0 radical (unpaired) electrons. The number of nitrogen functional groups attached to an aromatic ring is 1. The van der Waals surface area contributed by atoms with Crippen molar-refractivity contribution in [3.05, 3.63) is 111 Å². The van der Waals surface area contributed by atoms with E-state index in [4.69, 9.17) is 15.7 Å². The van der Waals surface area contributed by atoms with Crippen LogP contribution >= 0.6 is 12.0 Å². The van der Waals surface area contributed by atoms with Crippen LogP contribution < -0.4 is 16.0 Å². The van der Waals surface area contributed by atoms with Crippen molar-refractivity contribution in [3.8, 4) is 22.9 Å². The number of nitrogens with two attached hydrogens (primary N) is 1. The number of aromatic nitrogens is 2. The molecule has 468 valence electrons. The molecular formula is C43H32N12O27S7. The Morgan fingerprint density at radius 3 is 1.69 bits per heavy atom. The van der Waals surface area contributed by atoms with Crippen molar-refractivity contribution in [3.63, 3.8) is 0 Å². The van der Waals surface area contributed by atoms with E-state index in [0.29, 0.717) is 42.5 Å². The molecule has 0 atom stereocenters. The van der Waals surface area contributed by atoms with Gasteiger partial charge in [0.2, 0.25) is 0 Å². The number of aromatic hydroxyl groups is 2. The first-order chi connectivity index (χ1) is 41.3. The predicted molar refractivity (Wildman–Crippen MR) is 299 cm³/mol. The number of hydrogen-bond acceptors (Lipinski definition) is 31. The molecule has 0 amide bonds. The fourth-order valence-corrected chi connectivity index (χ4v) is 12.4. The van der Waals surface area contributed by atoms with Gasteiger partial charge in [-0.1, -0.05) is 5.04 Å². The van der Waals surface area contributed by atoms with Gasteiger partial charge in [0.1, 0.15) is 70.0 Å². The van der Waals surface area contributed by atoms with E-state index in [1.54, 1.807) is 0 Å². The van der Waals surface area contributed by atoms with Crippen molar-refractivity contribution < 1.29 is 112 Å². The van der Waals surface area contributed by atoms with Crippen LogP contribution in [0.15, 0.2) is 165 Å². The van der Waals surface area contributed by atoms with E-state index >= 15 is 0 Å². The molecule has 7 aromatic carbocycles. The van der Waals surface area contributed by atoms with Crippen LogP contribution in [0.25, 0.3) is 27.2 Å². The molecule has 89 heavy (non-hydrogen) atoms. The number of hydrogen-bond donors (Lipinski definition) is 11. The zero-order valence-corrected chi connectivity index (χ0v) is 49.1. The van der Waals surface area contributed by atoms with E-state index in [1.165, 1.54) is 6.92 Å². The molecule has 0 aliphatic heterocycles. The summed E-state index contributed by atoms with van der Waals surface area (Å²) in [5, 5.41) is 76.1. The number of phenolic OH excluding ortho intramolecular Hbond substituents is 2. The molecule has 0 aliphatic rings. The number of aromatic amines is 1. The Morgan fingerprint density at radius 1 is 0.562 bits per heavy atom. The summed E-state index contributed by atoms with van der Waals surface area (Å²) >= 11 is -0.0462. The van der Waals surface area contributed by atoms with E-state index in [9.17, 15) is 103 Å². The third kappa shape index (κ3) is 13.6. The first kappa shape index (κ1) is 65.7. The molecule has 8 rings (SSSR count). The number of anilines is 1.